The normalized spacial score (nSPS) is 13.4. The highest BCUT2D eigenvalue weighted by atomic mass is 16.1. The third kappa shape index (κ3) is 4.16. The fourth-order valence-corrected chi connectivity index (χ4v) is 2.72. The lowest BCUT2D eigenvalue weighted by molar-refractivity contribution is 0.0965. The van der Waals surface area contributed by atoms with Gasteiger partial charge >= 0.3 is 0 Å². The van der Waals surface area contributed by atoms with Crippen LogP contribution < -0.4 is 0 Å². The number of Topliss-reactive ketones (excluding diaryl/α,β-unsaturated/α-hetero) is 1. The van der Waals surface area contributed by atoms with E-state index in [0.29, 0.717) is 12.3 Å². The zero-order chi connectivity index (χ0) is 15.1. The highest BCUT2D eigenvalue weighted by Crippen LogP contribution is 2.31. The first-order valence-electron chi connectivity index (χ1n) is 7.46. The van der Waals surface area contributed by atoms with Crippen molar-refractivity contribution < 1.29 is 4.79 Å². The van der Waals surface area contributed by atoms with Gasteiger partial charge in [0.05, 0.1) is 0 Å². The van der Waals surface area contributed by atoms with Crippen LogP contribution in [0.15, 0.2) is 73.3 Å². The Bertz CT molecular complexity index is 571. The average Bonchev–Trinajstić information content (AvgIpc) is 2.54. The second-order valence-corrected chi connectivity index (χ2v) is 5.51. The molecular weight excluding hydrogens is 256 g/mol. The van der Waals surface area contributed by atoms with Gasteiger partial charge in [-0.15, -0.1) is 6.58 Å². The summed E-state index contributed by atoms with van der Waals surface area (Å²) in [5.41, 5.74) is 2.03. The van der Waals surface area contributed by atoms with Crippen molar-refractivity contribution in [3.63, 3.8) is 0 Å². The van der Waals surface area contributed by atoms with Crippen LogP contribution in [0.2, 0.25) is 0 Å². The summed E-state index contributed by atoms with van der Waals surface area (Å²) >= 11 is 0. The predicted molar refractivity (Wildman–Crippen MR) is 88.6 cm³/mol. The van der Waals surface area contributed by atoms with Gasteiger partial charge in [-0.25, -0.2) is 0 Å². The van der Waals surface area contributed by atoms with Gasteiger partial charge in [0.1, 0.15) is 0 Å². The Hall–Kier alpha value is -2.15. The van der Waals surface area contributed by atoms with E-state index in [1.807, 2.05) is 54.6 Å². The molecule has 0 bridgehead atoms. The second-order valence-electron chi connectivity index (χ2n) is 5.51. The minimum atomic E-state index is 0.209. The summed E-state index contributed by atoms with van der Waals surface area (Å²) in [5.74, 6) is 0.842. The topological polar surface area (TPSA) is 17.1 Å². The van der Waals surface area contributed by atoms with Crippen LogP contribution in [-0.4, -0.2) is 5.78 Å². The highest BCUT2D eigenvalue weighted by molar-refractivity contribution is 5.96. The molecule has 0 spiro atoms. The lowest BCUT2D eigenvalue weighted by Crippen LogP contribution is -2.14. The number of allylic oxidation sites excluding steroid dienone is 1. The molecule has 108 valence electrons. The van der Waals surface area contributed by atoms with Gasteiger partial charge in [0.2, 0.25) is 0 Å². The van der Waals surface area contributed by atoms with Gasteiger partial charge < -0.3 is 0 Å². The standard InChI is InChI=1S/C20H22O/c1-3-10-16(2)19(17-11-6-4-7-12-17)15-20(21)18-13-8-5-9-14-18/h3-9,11-14,16,19H,1,10,15H2,2H3/t16-,19+/m1/s1. The molecule has 1 nitrogen and oxygen atoms in total. The van der Waals surface area contributed by atoms with E-state index in [0.717, 1.165) is 12.0 Å². The van der Waals surface area contributed by atoms with Gasteiger partial charge in [-0.1, -0.05) is 73.7 Å². The summed E-state index contributed by atoms with van der Waals surface area (Å²) in [7, 11) is 0. The van der Waals surface area contributed by atoms with Gasteiger partial charge in [0.15, 0.2) is 5.78 Å². The monoisotopic (exact) mass is 278 g/mol. The Kier molecular flexibility index (Phi) is 5.51. The molecule has 0 amide bonds. The SMILES string of the molecule is C=CC[C@@H](C)[C@H](CC(=O)c1ccccc1)c1ccccc1. The lowest BCUT2D eigenvalue weighted by atomic mass is 9.81. The summed E-state index contributed by atoms with van der Waals surface area (Å²) in [4.78, 5) is 12.5. The molecule has 0 N–H and O–H groups in total. The fourth-order valence-electron chi connectivity index (χ4n) is 2.72. The Morgan fingerprint density at radius 2 is 1.62 bits per heavy atom. The predicted octanol–water partition coefficient (Wildman–Crippen LogP) is 5.26. The first-order valence-corrected chi connectivity index (χ1v) is 7.46. The minimum Gasteiger partial charge on any atom is -0.294 e. The molecule has 2 atom stereocenters. The molecule has 0 aliphatic rings. The van der Waals surface area contributed by atoms with E-state index in [-0.39, 0.29) is 11.7 Å². The van der Waals surface area contributed by atoms with Crippen molar-refractivity contribution in [1.82, 2.24) is 0 Å². The molecule has 2 rings (SSSR count). The molecule has 0 radical (unpaired) electrons. The summed E-state index contributed by atoms with van der Waals surface area (Å²) in [5, 5.41) is 0. The number of hydrogen-bond acceptors (Lipinski definition) is 1. The Labute approximate surface area is 127 Å². The van der Waals surface area contributed by atoms with Gasteiger partial charge in [-0.05, 0) is 23.8 Å². The number of carbonyl (C=O) groups is 1. The summed E-state index contributed by atoms with van der Waals surface area (Å²) in [6.45, 7) is 6.02. The molecule has 0 saturated carbocycles. The zero-order valence-electron chi connectivity index (χ0n) is 12.5. The lowest BCUT2D eigenvalue weighted by Gasteiger charge is -2.23. The zero-order valence-corrected chi connectivity index (χ0v) is 12.5. The fraction of sp³-hybridized carbons (Fsp3) is 0.250. The number of carbonyl (C=O) groups excluding carboxylic acids is 1. The largest absolute Gasteiger partial charge is 0.294 e. The van der Waals surface area contributed by atoms with Crippen molar-refractivity contribution in [2.75, 3.05) is 0 Å². The van der Waals surface area contributed by atoms with Crippen LogP contribution in [0, 0.1) is 5.92 Å². The smallest absolute Gasteiger partial charge is 0.163 e. The maximum atomic E-state index is 12.5. The molecule has 0 aromatic heterocycles. The van der Waals surface area contributed by atoms with E-state index in [4.69, 9.17) is 0 Å². The molecule has 0 unspecified atom stereocenters. The van der Waals surface area contributed by atoms with Crippen molar-refractivity contribution >= 4 is 5.78 Å². The van der Waals surface area contributed by atoms with Crippen molar-refractivity contribution in [1.29, 1.82) is 0 Å². The van der Waals surface area contributed by atoms with E-state index in [2.05, 4.69) is 25.6 Å². The molecule has 2 aromatic carbocycles. The van der Waals surface area contributed by atoms with E-state index in [9.17, 15) is 4.79 Å². The van der Waals surface area contributed by atoms with Gasteiger partial charge in [-0.3, -0.25) is 4.79 Å². The first-order chi connectivity index (χ1) is 10.2. The van der Waals surface area contributed by atoms with Crippen molar-refractivity contribution in [3.05, 3.63) is 84.4 Å². The van der Waals surface area contributed by atoms with E-state index in [1.54, 1.807) is 0 Å². The van der Waals surface area contributed by atoms with Crippen molar-refractivity contribution in [2.45, 2.75) is 25.7 Å². The van der Waals surface area contributed by atoms with E-state index in [1.165, 1.54) is 5.56 Å². The summed E-state index contributed by atoms with van der Waals surface area (Å²) in [6, 6.07) is 19.9. The van der Waals surface area contributed by atoms with Crippen LogP contribution in [0.25, 0.3) is 0 Å². The van der Waals surface area contributed by atoms with Crippen LogP contribution in [0.3, 0.4) is 0 Å². The number of ketones is 1. The van der Waals surface area contributed by atoms with Crippen molar-refractivity contribution in [3.8, 4) is 0 Å². The van der Waals surface area contributed by atoms with E-state index >= 15 is 0 Å². The molecule has 0 aliphatic carbocycles. The molecule has 0 saturated heterocycles. The van der Waals surface area contributed by atoms with Gasteiger partial charge in [0.25, 0.3) is 0 Å². The highest BCUT2D eigenvalue weighted by Gasteiger charge is 2.22. The third-order valence-corrected chi connectivity index (χ3v) is 3.95. The Morgan fingerprint density at radius 1 is 1.05 bits per heavy atom. The van der Waals surface area contributed by atoms with Gasteiger partial charge in [-0.2, -0.15) is 0 Å². The molecule has 21 heavy (non-hydrogen) atoms. The van der Waals surface area contributed by atoms with E-state index < -0.39 is 0 Å². The molecule has 0 heterocycles. The Morgan fingerprint density at radius 3 is 2.19 bits per heavy atom. The molecular formula is C20H22O. The van der Waals surface area contributed by atoms with Crippen LogP contribution in [0.1, 0.15) is 41.6 Å². The van der Waals surface area contributed by atoms with Crippen LogP contribution in [-0.2, 0) is 0 Å². The second kappa shape index (κ2) is 7.58. The number of rotatable bonds is 7. The van der Waals surface area contributed by atoms with Crippen LogP contribution in [0.5, 0.6) is 0 Å². The third-order valence-electron chi connectivity index (χ3n) is 3.95. The van der Waals surface area contributed by atoms with Crippen molar-refractivity contribution in [2.24, 2.45) is 5.92 Å². The minimum absolute atomic E-state index is 0.209. The molecule has 0 fully saturated rings. The first kappa shape index (κ1) is 15.2. The Balaban J connectivity index is 2.20. The quantitative estimate of drug-likeness (QED) is 0.499. The molecule has 2 aromatic rings. The molecule has 1 heteroatoms. The molecule has 0 aliphatic heterocycles. The number of benzene rings is 2. The maximum Gasteiger partial charge on any atom is 0.163 e. The summed E-state index contributed by atoms with van der Waals surface area (Å²) in [6.07, 6.45) is 3.40. The maximum absolute atomic E-state index is 12.5. The average molecular weight is 278 g/mol. The van der Waals surface area contributed by atoms with Gasteiger partial charge in [0, 0.05) is 12.0 Å². The number of hydrogen-bond donors (Lipinski definition) is 0. The van der Waals surface area contributed by atoms with Crippen LogP contribution >= 0.6 is 0 Å². The van der Waals surface area contributed by atoms with Crippen LogP contribution in [0.4, 0.5) is 0 Å². The summed E-state index contributed by atoms with van der Waals surface area (Å²) < 4.78 is 0.